The fourth-order valence-electron chi connectivity index (χ4n) is 9.73. The van der Waals surface area contributed by atoms with Gasteiger partial charge in [0.1, 0.15) is 52.9 Å². The number of likely N-dealkylation sites (tertiary alicyclic amines) is 1. The molecule has 5 fully saturated rings. The third kappa shape index (κ3) is 4.88. The SMILES string of the molecule is N#Cc1c(N)sc2c(F)ccc(-c3c(F)c4nc(OCC56CCCN5CCC6)nc(N5CCC6(CCCN6C(=O)n6cncn6)C5)c4c(=O)n3C3CC3)c12. The molecule has 1 aliphatic carbocycles. The van der Waals surface area contributed by atoms with Crippen molar-refractivity contribution >= 4 is 49.2 Å². The zero-order chi connectivity index (χ0) is 36.9. The number of benzene rings is 1. The summed E-state index contributed by atoms with van der Waals surface area (Å²) in [6.07, 6.45) is 10.2. The molecule has 14 nitrogen and oxygen atoms in total. The van der Waals surface area contributed by atoms with Gasteiger partial charge in [0.25, 0.3) is 5.56 Å². The number of aromatic nitrogens is 6. The summed E-state index contributed by atoms with van der Waals surface area (Å²) in [4.78, 5) is 48.3. The molecule has 2 N–H and O–H groups in total. The van der Waals surface area contributed by atoms with Crippen LogP contribution in [0.4, 0.5) is 24.4 Å². The third-order valence-electron chi connectivity index (χ3n) is 12.4. The summed E-state index contributed by atoms with van der Waals surface area (Å²) in [6.45, 7) is 3.68. The second-order valence-electron chi connectivity index (χ2n) is 15.4. The van der Waals surface area contributed by atoms with E-state index in [9.17, 15) is 14.9 Å². The number of anilines is 2. The van der Waals surface area contributed by atoms with Crippen molar-refractivity contribution in [2.75, 3.05) is 50.0 Å². The molecule has 4 aromatic heterocycles. The Labute approximate surface area is 311 Å². The maximum Gasteiger partial charge on any atom is 0.346 e. The number of halogens is 2. The number of carbonyl (C=O) groups excluding carboxylic acids is 1. The van der Waals surface area contributed by atoms with Crippen molar-refractivity contribution in [2.24, 2.45) is 0 Å². The van der Waals surface area contributed by atoms with Gasteiger partial charge in [-0.25, -0.2) is 18.6 Å². The van der Waals surface area contributed by atoms with Crippen LogP contribution in [-0.2, 0) is 0 Å². The highest BCUT2D eigenvalue weighted by molar-refractivity contribution is 7.23. The summed E-state index contributed by atoms with van der Waals surface area (Å²) in [5.74, 6) is -1.12. The first kappa shape index (κ1) is 33.4. The van der Waals surface area contributed by atoms with Gasteiger partial charge in [-0.3, -0.25) is 9.69 Å². The van der Waals surface area contributed by atoms with Gasteiger partial charge >= 0.3 is 12.0 Å². The maximum absolute atomic E-state index is 17.7. The Morgan fingerprint density at radius 2 is 1.85 bits per heavy atom. The summed E-state index contributed by atoms with van der Waals surface area (Å²) < 4.78 is 42.1. The van der Waals surface area contributed by atoms with E-state index in [-0.39, 0.29) is 72.3 Å². The topological polar surface area (TPSA) is 164 Å². The number of fused-ring (bicyclic) bond motifs is 3. The smallest absolute Gasteiger partial charge is 0.346 e. The summed E-state index contributed by atoms with van der Waals surface area (Å²) >= 11 is 0.917. The van der Waals surface area contributed by atoms with Gasteiger partial charge in [0.2, 0.25) is 0 Å². The van der Waals surface area contributed by atoms with Crippen LogP contribution in [0.1, 0.15) is 69.4 Å². The van der Waals surface area contributed by atoms with E-state index in [1.165, 1.54) is 34.0 Å². The molecule has 5 aliphatic rings. The van der Waals surface area contributed by atoms with Gasteiger partial charge in [0.15, 0.2) is 5.82 Å². The van der Waals surface area contributed by atoms with Crippen LogP contribution in [-0.4, -0.2) is 95.5 Å². The highest BCUT2D eigenvalue weighted by atomic mass is 32.1. The van der Waals surface area contributed by atoms with Gasteiger partial charge in [-0.1, -0.05) is 0 Å². The van der Waals surface area contributed by atoms with Crippen molar-refractivity contribution in [3.8, 4) is 23.3 Å². The van der Waals surface area contributed by atoms with E-state index < -0.39 is 22.7 Å². The minimum Gasteiger partial charge on any atom is -0.461 e. The Bertz CT molecular complexity index is 2470. The van der Waals surface area contributed by atoms with Crippen molar-refractivity contribution in [2.45, 2.75) is 74.9 Å². The molecule has 54 heavy (non-hydrogen) atoms. The summed E-state index contributed by atoms with van der Waals surface area (Å²) in [6, 6.07) is 4.06. The number of carbonyl (C=O) groups is 1. The fourth-order valence-corrected chi connectivity index (χ4v) is 10.7. The van der Waals surface area contributed by atoms with E-state index in [1.54, 1.807) is 0 Å². The lowest BCUT2D eigenvalue weighted by Gasteiger charge is -2.34. The molecule has 1 unspecified atom stereocenters. The number of amides is 1. The molecular weight excluding hydrogens is 717 g/mol. The molecule has 8 heterocycles. The lowest BCUT2D eigenvalue weighted by molar-refractivity contribution is 0.108. The number of nitriles is 1. The number of ether oxygens (including phenoxy) is 1. The molecule has 1 aromatic carbocycles. The highest BCUT2D eigenvalue weighted by Gasteiger charge is 2.50. The second-order valence-corrected chi connectivity index (χ2v) is 16.4. The summed E-state index contributed by atoms with van der Waals surface area (Å²) in [5.41, 5.74) is 4.94. The molecule has 0 radical (unpaired) electrons. The Morgan fingerprint density at radius 1 is 1.06 bits per heavy atom. The molecule has 4 saturated heterocycles. The van der Waals surface area contributed by atoms with Gasteiger partial charge in [0.05, 0.1) is 27.0 Å². The molecule has 4 aliphatic heterocycles. The zero-order valence-electron chi connectivity index (χ0n) is 29.4. The molecule has 278 valence electrons. The van der Waals surface area contributed by atoms with Crippen molar-refractivity contribution in [1.29, 1.82) is 5.26 Å². The van der Waals surface area contributed by atoms with Gasteiger partial charge in [-0.05, 0) is 83.0 Å². The molecule has 1 spiro atoms. The average molecular weight is 754 g/mol. The van der Waals surface area contributed by atoms with E-state index >= 15 is 8.78 Å². The Hall–Kier alpha value is -5.21. The molecule has 10 rings (SSSR count). The van der Waals surface area contributed by atoms with Crippen molar-refractivity contribution in [1.82, 2.24) is 39.1 Å². The minimum absolute atomic E-state index is 0.0184. The van der Waals surface area contributed by atoms with Crippen LogP contribution in [0.3, 0.4) is 0 Å². The van der Waals surface area contributed by atoms with E-state index in [2.05, 4.69) is 26.0 Å². The van der Waals surface area contributed by atoms with Crippen LogP contribution in [0.15, 0.2) is 29.6 Å². The number of nitrogen functional groups attached to an aromatic ring is 1. The normalized spacial score (nSPS) is 22.2. The molecule has 5 aromatic rings. The van der Waals surface area contributed by atoms with Crippen molar-refractivity contribution in [3.63, 3.8) is 0 Å². The van der Waals surface area contributed by atoms with Crippen LogP contribution in [0.2, 0.25) is 0 Å². The molecule has 17 heteroatoms. The second kappa shape index (κ2) is 12.2. The van der Waals surface area contributed by atoms with Crippen LogP contribution in [0, 0.1) is 23.0 Å². The minimum atomic E-state index is -0.786. The van der Waals surface area contributed by atoms with E-state index in [1.807, 2.05) is 9.80 Å². The van der Waals surface area contributed by atoms with Crippen molar-refractivity contribution in [3.05, 3.63) is 52.3 Å². The largest absolute Gasteiger partial charge is 0.461 e. The molecule has 0 bridgehead atoms. The molecule has 1 atom stereocenters. The van der Waals surface area contributed by atoms with Crippen LogP contribution in [0.25, 0.3) is 32.2 Å². The standard InChI is InChI=1S/C37H37F2N11O3S/c38-24-7-6-22(25-23(16-40)31(41)54-30(24)25)29-27(39)28-26(33(51)50(29)21-4-5-21)32(45-34(44-28)53-18-37-9-1-12-47(37)13-2-10-37)46-15-11-36(17-46)8-3-14-48(36)35(52)49-20-42-19-43-49/h6-7,19-21H,1-5,8-15,17-18,41H2. The first-order valence-corrected chi connectivity index (χ1v) is 19.4. The van der Waals surface area contributed by atoms with Crippen molar-refractivity contribution < 1.29 is 18.3 Å². The average Bonchev–Trinajstić information content (AvgIpc) is 3.78. The highest BCUT2D eigenvalue weighted by Crippen LogP contribution is 2.47. The van der Waals surface area contributed by atoms with Crippen LogP contribution < -0.4 is 20.9 Å². The molecule has 1 saturated carbocycles. The van der Waals surface area contributed by atoms with Gasteiger partial charge in [0, 0.05) is 36.6 Å². The van der Waals surface area contributed by atoms with Gasteiger partial charge in [-0.2, -0.15) is 25.0 Å². The van der Waals surface area contributed by atoms with Gasteiger partial charge in [-0.15, -0.1) is 11.3 Å². The lowest BCUT2D eigenvalue weighted by atomic mass is 9.95. The number of nitrogens with two attached hydrogens (primary N) is 1. The first-order valence-electron chi connectivity index (χ1n) is 18.6. The zero-order valence-corrected chi connectivity index (χ0v) is 30.2. The number of rotatable bonds is 6. The van der Waals surface area contributed by atoms with Crippen LogP contribution in [0.5, 0.6) is 6.01 Å². The Kier molecular flexibility index (Phi) is 7.51. The molecule has 1 amide bonds. The number of hydrogen-bond acceptors (Lipinski definition) is 12. The Balaban J connectivity index is 1.15. The van der Waals surface area contributed by atoms with E-state index in [4.69, 9.17) is 15.5 Å². The third-order valence-corrected chi connectivity index (χ3v) is 13.4. The Morgan fingerprint density at radius 3 is 2.59 bits per heavy atom. The number of nitrogens with zero attached hydrogens (tertiary/aromatic N) is 10. The van der Waals surface area contributed by atoms with E-state index in [0.29, 0.717) is 45.5 Å². The van der Waals surface area contributed by atoms with E-state index in [0.717, 1.165) is 63.0 Å². The quantitative estimate of drug-likeness (QED) is 0.247. The number of hydrogen-bond donors (Lipinski definition) is 1. The number of pyridine rings is 1. The maximum atomic E-state index is 17.7. The monoisotopic (exact) mass is 753 g/mol. The predicted octanol–water partition coefficient (Wildman–Crippen LogP) is 5.05. The fraction of sp³-hybridized carbons (Fsp3) is 0.486. The predicted molar refractivity (Wildman–Crippen MR) is 197 cm³/mol. The number of thiophene rings is 1. The molecular formula is C37H37F2N11O3S. The lowest BCUT2D eigenvalue weighted by Crippen LogP contribution is -2.50. The first-order chi connectivity index (χ1) is 26.2. The van der Waals surface area contributed by atoms with Gasteiger partial charge < -0.3 is 24.8 Å². The summed E-state index contributed by atoms with van der Waals surface area (Å²) in [7, 11) is 0. The summed E-state index contributed by atoms with van der Waals surface area (Å²) in [5, 5.41) is 14.4. The van der Waals surface area contributed by atoms with Crippen LogP contribution >= 0.6 is 11.3 Å².